The molecular weight excluding hydrogens is 346 g/mol. The van der Waals surface area contributed by atoms with Crippen LogP contribution < -0.4 is 10.5 Å². The molecule has 27 heavy (non-hydrogen) atoms. The van der Waals surface area contributed by atoms with Crippen LogP contribution in [0.3, 0.4) is 0 Å². The number of carbonyl (C=O) groups is 1. The molecule has 4 rings (SSSR count). The van der Waals surface area contributed by atoms with Crippen molar-refractivity contribution in [2.45, 2.75) is 6.29 Å². The van der Waals surface area contributed by atoms with E-state index in [1.807, 2.05) is 12.1 Å². The molecule has 1 amide bonds. The second-order valence-electron chi connectivity index (χ2n) is 5.77. The van der Waals surface area contributed by atoms with Gasteiger partial charge < -0.3 is 15.6 Å². The zero-order valence-corrected chi connectivity index (χ0v) is 14.1. The highest BCUT2D eigenvalue weighted by atomic mass is 16.6. The smallest absolute Gasteiger partial charge is 0.252 e. The van der Waals surface area contributed by atoms with Gasteiger partial charge in [-0.25, -0.2) is 9.50 Å². The van der Waals surface area contributed by atoms with Gasteiger partial charge in [-0.15, -0.1) is 0 Å². The predicted octanol–water partition coefficient (Wildman–Crippen LogP) is 1.96. The van der Waals surface area contributed by atoms with E-state index in [4.69, 9.17) is 10.5 Å². The number of benzene rings is 1. The Kier molecular flexibility index (Phi) is 4.23. The highest BCUT2D eigenvalue weighted by molar-refractivity contribution is 5.99. The Morgan fingerprint density at radius 3 is 2.67 bits per heavy atom. The normalized spacial score (nSPS) is 12.0. The summed E-state index contributed by atoms with van der Waals surface area (Å²) in [6.45, 7) is 0. The standard InChI is InChI=1S/C19H15N5O3/c20-17(25)15-7-8-16(24-18(15)22-11-23-24)12-3-5-14(6-4-12)27-19(26)13-2-1-9-21-10-13/h1-11,19,26H,(H2,20,25). The zero-order chi connectivity index (χ0) is 18.8. The Balaban J connectivity index is 1.61. The zero-order valence-electron chi connectivity index (χ0n) is 14.1. The first kappa shape index (κ1) is 16.7. The lowest BCUT2D eigenvalue weighted by molar-refractivity contribution is -0.0196. The third kappa shape index (κ3) is 3.21. The van der Waals surface area contributed by atoms with Gasteiger partial charge in [0.25, 0.3) is 5.91 Å². The molecular formula is C19H15N5O3. The largest absolute Gasteiger partial charge is 0.461 e. The summed E-state index contributed by atoms with van der Waals surface area (Å²) in [5.74, 6) is -0.0635. The number of aliphatic hydroxyl groups excluding tert-OH is 1. The van der Waals surface area contributed by atoms with E-state index in [0.717, 1.165) is 11.3 Å². The quantitative estimate of drug-likeness (QED) is 0.525. The van der Waals surface area contributed by atoms with Crippen molar-refractivity contribution >= 4 is 11.6 Å². The van der Waals surface area contributed by atoms with Gasteiger partial charge in [0.05, 0.1) is 11.3 Å². The number of nitrogens with zero attached hydrogens (tertiary/aromatic N) is 4. The Hall–Kier alpha value is -3.78. The number of nitrogens with two attached hydrogens (primary N) is 1. The third-order valence-electron chi connectivity index (χ3n) is 4.06. The van der Waals surface area contributed by atoms with E-state index in [9.17, 15) is 9.90 Å². The number of amides is 1. The maximum atomic E-state index is 11.5. The van der Waals surface area contributed by atoms with Crippen LogP contribution in [0.5, 0.6) is 5.75 Å². The van der Waals surface area contributed by atoms with Crippen molar-refractivity contribution in [1.29, 1.82) is 0 Å². The fourth-order valence-electron chi connectivity index (χ4n) is 2.74. The van der Waals surface area contributed by atoms with Crippen LogP contribution in [-0.4, -0.2) is 30.6 Å². The molecule has 0 aliphatic heterocycles. The Bertz CT molecular complexity index is 1090. The van der Waals surface area contributed by atoms with Crippen molar-refractivity contribution in [3.63, 3.8) is 0 Å². The molecule has 8 heteroatoms. The second-order valence-corrected chi connectivity index (χ2v) is 5.77. The molecule has 0 spiro atoms. The second kappa shape index (κ2) is 6.85. The van der Waals surface area contributed by atoms with Gasteiger partial charge in [0.1, 0.15) is 12.1 Å². The lowest BCUT2D eigenvalue weighted by Crippen LogP contribution is -2.13. The van der Waals surface area contributed by atoms with E-state index >= 15 is 0 Å². The van der Waals surface area contributed by atoms with Crippen molar-refractivity contribution in [3.05, 3.63) is 78.4 Å². The molecule has 3 heterocycles. The summed E-state index contributed by atoms with van der Waals surface area (Å²) in [7, 11) is 0. The number of hydrogen-bond acceptors (Lipinski definition) is 6. The maximum absolute atomic E-state index is 11.5. The lowest BCUT2D eigenvalue weighted by Gasteiger charge is -2.14. The molecule has 134 valence electrons. The minimum atomic E-state index is -1.11. The summed E-state index contributed by atoms with van der Waals surface area (Å²) >= 11 is 0. The van der Waals surface area contributed by atoms with E-state index in [0.29, 0.717) is 22.5 Å². The molecule has 0 saturated heterocycles. The molecule has 3 N–H and O–H groups in total. The first-order valence-electron chi connectivity index (χ1n) is 8.11. The van der Waals surface area contributed by atoms with Crippen LogP contribution in [0.25, 0.3) is 16.9 Å². The number of primary amides is 1. The molecule has 0 fully saturated rings. The average molecular weight is 361 g/mol. The summed E-state index contributed by atoms with van der Waals surface area (Å²) in [5.41, 5.74) is 8.22. The van der Waals surface area contributed by atoms with Gasteiger partial charge in [0, 0.05) is 23.5 Å². The molecule has 0 bridgehead atoms. The molecule has 0 aliphatic carbocycles. The van der Waals surface area contributed by atoms with Crippen LogP contribution >= 0.6 is 0 Å². The number of fused-ring (bicyclic) bond motifs is 1. The summed E-state index contributed by atoms with van der Waals surface area (Å²) in [6.07, 6.45) is 3.43. The minimum absolute atomic E-state index is 0.302. The number of hydrogen-bond donors (Lipinski definition) is 2. The van der Waals surface area contributed by atoms with E-state index in [1.54, 1.807) is 53.3 Å². The van der Waals surface area contributed by atoms with Crippen molar-refractivity contribution in [3.8, 4) is 17.0 Å². The molecule has 0 saturated carbocycles. The van der Waals surface area contributed by atoms with Gasteiger partial charge in [-0.2, -0.15) is 5.10 Å². The van der Waals surface area contributed by atoms with Gasteiger partial charge in [-0.3, -0.25) is 9.78 Å². The minimum Gasteiger partial charge on any atom is -0.461 e. The SMILES string of the molecule is NC(=O)c1ccc(-c2ccc(OC(O)c3cccnc3)cc2)n2ncnc12. The molecule has 3 aromatic heterocycles. The van der Waals surface area contributed by atoms with Gasteiger partial charge in [0.15, 0.2) is 5.65 Å². The van der Waals surface area contributed by atoms with E-state index in [1.165, 1.54) is 6.33 Å². The fourth-order valence-corrected chi connectivity index (χ4v) is 2.74. The molecule has 1 unspecified atom stereocenters. The van der Waals surface area contributed by atoms with E-state index in [2.05, 4.69) is 15.1 Å². The molecule has 0 radical (unpaired) electrons. The first-order chi connectivity index (χ1) is 13.1. The number of aromatic nitrogens is 4. The highest BCUT2D eigenvalue weighted by Crippen LogP contribution is 2.26. The number of rotatable bonds is 5. The Labute approximate surface area is 153 Å². The fraction of sp³-hybridized carbons (Fsp3) is 0.0526. The predicted molar refractivity (Wildman–Crippen MR) is 96.8 cm³/mol. The monoisotopic (exact) mass is 361 g/mol. The molecule has 0 aliphatic rings. The maximum Gasteiger partial charge on any atom is 0.252 e. The van der Waals surface area contributed by atoms with E-state index < -0.39 is 12.2 Å². The molecule has 4 aromatic rings. The lowest BCUT2D eigenvalue weighted by atomic mass is 10.1. The number of ether oxygens (including phenoxy) is 1. The van der Waals surface area contributed by atoms with Crippen LogP contribution in [0.15, 0.2) is 67.3 Å². The third-order valence-corrected chi connectivity index (χ3v) is 4.06. The average Bonchev–Trinajstić information content (AvgIpc) is 3.18. The Morgan fingerprint density at radius 2 is 1.96 bits per heavy atom. The molecule has 8 nitrogen and oxygen atoms in total. The topological polar surface area (TPSA) is 116 Å². The van der Waals surface area contributed by atoms with Crippen molar-refractivity contribution in [1.82, 2.24) is 19.6 Å². The van der Waals surface area contributed by atoms with Crippen molar-refractivity contribution in [2.24, 2.45) is 5.73 Å². The summed E-state index contributed by atoms with van der Waals surface area (Å²) in [5, 5.41) is 14.3. The number of pyridine rings is 2. The molecule has 1 atom stereocenters. The highest BCUT2D eigenvalue weighted by Gasteiger charge is 2.14. The Morgan fingerprint density at radius 1 is 1.15 bits per heavy atom. The number of aliphatic hydroxyl groups is 1. The first-order valence-corrected chi connectivity index (χ1v) is 8.11. The summed E-state index contributed by atoms with van der Waals surface area (Å²) in [4.78, 5) is 19.6. The molecule has 1 aromatic carbocycles. The van der Waals surface area contributed by atoms with Crippen LogP contribution in [0.1, 0.15) is 22.2 Å². The van der Waals surface area contributed by atoms with Crippen LogP contribution in [0.2, 0.25) is 0 Å². The van der Waals surface area contributed by atoms with Crippen molar-refractivity contribution in [2.75, 3.05) is 0 Å². The number of carbonyl (C=O) groups excluding carboxylic acids is 1. The summed E-state index contributed by atoms with van der Waals surface area (Å²) < 4.78 is 7.09. The van der Waals surface area contributed by atoms with Crippen LogP contribution in [0, 0.1) is 0 Å². The van der Waals surface area contributed by atoms with Crippen LogP contribution in [0.4, 0.5) is 0 Å². The van der Waals surface area contributed by atoms with Crippen LogP contribution in [-0.2, 0) is 0 Å². The van der Waals surface area contributed by atoms with Gasteiger partial charge >= 0.3 is 0 Å². The van der Waals surface area contributed by atoms with Crippen molar-refractivity contribution < 1.29 is 14.6 Å². The van der Waals surface area contributed by atoms with Gasteiger partial charge in [-0.05, 0) is 48.5 Å². The summed E-state index contributed by atoms with van der Waals surface area (Å²) in [6, 6.07) is 14.0. The van der Waals surface area contributed by atoms with Gasteiger partial charge in [0.2, 0.25) is 6.29 Å². The van der Waals surface area contributed by atoms with E-state index in [-0.39, 0.29) is 0 Å². The van der Waals surface area contributed by atoms with Gasteiger partial charge in [-0.1, -0.05) is 0 Å².